The molecule has 0 amide bonds. The summed E-state index contributed by atoms with van der Waals surface area (Å²) in [5.41, 5.74) is 0. The Morgan fingerprint density at radius 3 is 1.29 bits per heavy atom. The average molecular weight is 244 g/mol. The minimum atomic E-state index is -4.77. The van der Waals surface area contributed by atoms with Gasteiger partial charge in [0.05, 0.1) is 11.8 Å². The molecule has 1 nitrogen and oxygen atoms in total. The monoisotopic (exact) mass is 243 g/mol. The lowest BCUT2D eigenvalue weighted by Crippen LogP contribution is -2.37. The zero-order valence-electron chi connectivity index (χ0n) is 6.74. The molecule has 1 N–H and O–H groups in total. The highest BCUT2D eigenvalue weighted by molar-refractivity contribution is 5.85. The molecule has 1 aliphatic heterocycles. The van der Waals surface area contributed by atoms with Gasteiger partial charge in [-0.1, -0.05) is 0 Å². The Kier molecular flexibility index (Phi) is 4.09. The molecular weight excluding hydrogens is 236 g/mol. The summed E-state index contributed by atoms with van der Waals surface area (Å²) in [4.78, 5) is 0. The van der Waals surface area contributed by atoms with Crippen molar-refractivity contribution in [2.75, 3.05) is 13.1 Å². The third kappa shape index (κ3) is 2.91. The second-order valence-electron chi connectivity index (χ2n) is 2.95. The summed E-state index contributed by atoms with van der Waals surface area (Å²) in [5.74, 6) is -4.60. The molecule has 14 heavy (non-hydrogen) atoms. The van der Waals surface area contributed by atoms with Crippen LogP contribution in [0.2, 0.25) is 0 Å². The number of alkyl halides is 6. The molecule has 0 aromatic heterocycles. The number of nitrogens with one attached hydrogen (secondary N) is 1. The van der Waals surface area contributed by atoms with Crippen molar-refractivity contribution in [1.82, 2.24) is 5.32 Å². The zero-order valence-corrected chi connectivity index (χ0v) is 7.56. The van der Waals surface area contributed by atoms with Gasteiger partial charge in [-0.05, 0) is 0 Å². The predicted molar refractivity (Wildman–Crippen MR) is 39.2 cm³/mol. The van der Waals surface area contributed by atoms with Crippen LogP contribution in [-0.2, 0) is 0 Å². The highest BCUT2D eigenvalue weighted by Gasteiger charge is 2.57. The minimum absolute atomic E-state index is 0. The third-order valence-corrected chi connectivity index (χ3v) is 2.06. The third-order valence-electron chi connectivity index (χ3n) is 2.06. The van der Waals surface area contributed by atoms with Gasteiger partial charge in [-0.15, -0.1) is 12.4 Å². The zero-order chi connectivity index (χ0) is 10.3. The summed E-state index contributed by atoms with van der Waals surface area (Å²) in [6.07, 6.45) is -9.55. The van der Waals surface area contributed by atoms with Crippen LogP contribution >= 0.6 is 12.4 Å². The predicted octanol–water partition coefficient (Wildman–Crippen LogP) is 2.37. The van der Waals surface area contributed by atoms with Crippen LogP contribution in [0.1, 0.15) is 0 Å². The lowest BCUT2D eigenvalue weighted by atomic mass is 9.95. The lowest BCUT2D eigenvalue weighted by molar-refractivity contribution is -0.239. The molecule has 2 unspecified atom stereocenters. The summed E-state index contributed by atoms with van der Waals surface area (Å²) in [5, 5.41) is 2.10. The van der Waals surface area contributed by atoms with Gasteiger partial charge < -0.3 is 5.32 Å². The first-order valence-corrected chi connectivity index (χ1v) is 3.57. The van der Waals surface area contributed by atoms with Crippen molar-refractivity contribution in [2.45, 2.75) is 12.4 Å². The van der Waals surface area contributed by atoms with Crippen LogP contribution in [-0.4, -0.2) is 25.4 Å². The molecule has 1 aliphatic rings. The van der Waals surface area contributed by atoms with Crippen LogP contribution in [0.5, 0.6) is 0 Å². The second kappa shape index (κ2) is 4.14. The first-order valence-electron chi connectivity index (χ1n) is 3.57. The van der Waals surface area contributed by atoms with Crippen LogP contribution in [0.4, 0.5) is 26.3 Å². The van der Waals surface area contributed by atoms with E-state index in [0.29, 0.717) is 0 Å². The second-order valence-corrected chi connectivity index (χ2v) is 2.95. The van der Waals surface area contributed by atoms with Crippen molar-refractivity contribution in [3.63, 3.8) is 0 Å². The van der Waals surface area contributed by atoms with E-state index in [4.69, 9.17) is 0 Å². The fraction of sp³-hybridized carbons (Fsp3) is 1.00. The molecule has 1 fully saturated rings. The molecule has 0 aromatic rings. The van der Waals surface area contributed by atoms with E-state index in [2.05, 4.69) is 5.32 Å². The average Bonchev–Trinajstić information content (AvgIpc) is 2.27. The van der Waals surface area contributed by atoms with Crippen LogP contribution in [0.25, 0.3) is 0 Å². The standard InChI is InChI=1S/C6H7F6N.ClH/c7-5(8,9)3-1-13-2-4(3)6(10,11)12;/h3-4,13H,1-2H2;1H. The van der Waals surface area contributed by atoms with Gasteiger partial charge in [0.2, 0.25) is 0 Å². The Hall–Kier alpha value is -0.170. The highest BCUT2D eigenvalue weighted by Crippen LogP contribution is 2.42. The Balaban J connectivity index is 0.00000169. The molecule has 0 saturated carbocycles. The Morgan fingerprint density at radius 1 is 0.786 bits per heavy atom. The van der Waals surface area contributed by atoms with Crippen LogP contribution in [0, 0.1) is 11.8 Å². The van der Waals surface area contributed by atoms with E-state index in [-0.39, 0.29) is 12.4 Å². The molecule has 2 atom stereocenters. The normalized spacial score (nSPS) is 28.7. The van der Waals surface area contributed by atoms with E-state index in [0.717, 1.165) is 0 Å². The van der Waals surface area contributed by atoms with E-state index >= 15 is 0 Å². The molecular formula is C6H8ClF6N. The Morgan fingerprint density at radius 2 is 1.07 bits per heavy atom. The summed E-state index contributed by atoms with van der Waals surface area (Å²) < 4.78 is 72.0. The van der Waals surface area contributed by atoms with Gasteiger partial charge in [0.25, 0.3) is 0 Å². The first-order chi connectivity index (χ1) is 5.73. The van der Waals surface area contributed by atoms with Crippen molar-refractivity contribution < 1.29 is 26.3 Å². The van der Waals surface area contributed by atoms with Crippen molar-refractivity contribution >= 4 is 12.4 Å². The maximum Gasteiger partial charge on any atom is 0.393 e. The molecule has 86 valence electrons. The summed E-state index contributed by atoms with van der Waals surface area (Å²) in [7, 11) is 0. The first kappa shape index (κ1) is 13.8. The summed E-state index contributed by atoms with van der Waals surface area (Å²) >= 11 is 0. The SMILES string of the molecule is Cl.FC(F)(F)C1CNCC1C(F)(F)F. The van der Waals surface area contributed by atoms with Crippen molar-refractivity contribution in [3.8, 4) is 0 Å². The van der Waals surface area contributed by atoms with Crippen molar-refractivity contribution in [3.05, 3.63) is 0 Å². The smallest absolute Gasteiger partial charge is 0.315 e. The maximum absolute atomic E-state index is 12.0. The number of hydrogen-bond donors (Lipinski definition) is 1. The molecule has 1 heterocycles. The van der Waals surface area contributed by atoms with E-state index in [1.807, 2.05) is 0 Å². The molecule has 8 heteroatoms. The molecule has 0 aromatic carbocycles. The van der Waals surface area contributed by atoms with Gasteiger partial charge >= 0.3 is 12.4 Å². The van der Waals surface area contributed by atoms with Gasteiger partial charge in [0.1, 0.15) is 0 Å². The van der Waals surface area contributed by atoms with Crippen LogP contribution < -0.4 is 5.32 Å². The molecule has 0 bridgehead atoms. The van der Waals surface area contributed by atoms with Crippen LogP contribution in [0.15, 0.2) is 0 Å². The highest BCUT2D eigenvalue weighted by atomic mass is 35.5. The summed E-state index contributed by atoms with van der Waals surface area (Å²) in [6, 6.07) is 0. The van der Waals surface area contributed by atoms with Crippen molar-refractivity contribution in [2.24, 2.45) is 11.8 Å². The Labute approximate surface area is 82.3 Å². The number of rotatable bonds is 0. The fourth-order valence-electron chi connectivity index (χ4n) is 1.37. The van der Waals surface area contributed by atoms with E-state index in [1.165, 1.54) is 0 Å². The molecule has 0 aliphatic carbocycles. The maximum atomic E-state index is 12.0. The van der Waals surface area contributed by atoms with E-state index < -0.39 is 37.3 Å². The van der Waals surface area contributed by atoms with Gasteiger partial charge in [0.15, 0.2) is 0 Å². The molecule has 1 rings (SSSR count). The van der Waals surface area contributed by atoms with Crippen molar-refractivity contribution in [1.29, 1.82) is 0 Å². The van der Waals surface area contributed by atoms with E-state index in [9.17, 15) is 26.3 Å². The van der Waals surface area contributed by atoms with Gasteiger partial charge in [-0.2, -0.15) is 26.3 Å². The van der Waals surface area contributed by atoms with Gasteiger partial charge in [0, 0.05) is 13.1 Å². The number of hydrogen-bond acceptors (Lipinski definition) is 1. The largest absolute Gasteiger partial charge is 0.393 e. The quantitative estimate of drug-likeness (QED) is 0.644. The molecule has 0 spiro atoms. The van der Waals surface area contributed by atoms with Gasteiger partial charge in [-0.3, -0.25) is 0 Å². The van der Waals surface area contributed by atoms with Gasteiger partial charge in [-0.25, -0.2) is 0 Å². The minimum Gasteiger partial charge on any atom is -0.315 e. The number of halogens is 7. The lowest BCUT2D eigenvalue weighted by Gasteiger charge is -2.23. The molecule has 1 saturated heterocycles. The van der Waals surface area contributed by atoms with Crippen LogP contribution in [0.3, 0.4) is 0 Å². The summed E-state index contributed by atoms with van der Waals surface area (Å²) in [6.45, 7) is -1.29. The molecule has 0 radical (unpaired) electrons. The Bertz CT molecular complexity index is 168. The topological polar surface area (TPSA) is 12.0 Å². The van der Waals surface area contributed by atoms with E-state index in [1.54, 1.807) is 0 Å². The fourth-order valence-corrected chi connectivity index (χ4v) is 1.37.